The highest BCUT2D eigenvalue weighted by Gasteiger charge is 2.35. The Bertz CT molecular complexity index is 735. The Labute approximate surface area is 161 Å². The number of carbonyl (C=O) groups is 1. The summed E-state index contributed by atoms with van der Waals surface area (Å²) in [5.74, 6) is -0.106. The van der Waals surface area contributed by atoms with E-state index in [1.54, 1.807) is 28.6 Å². The van der Waals surface area contributed by atoms with E-state index in [1.165, 1.54) is 0 Å². The van der Waals surface area contributed by atoms with Crippen LogP contribution in [0.4, 0.5) is 5.69 Å². The Kier molecular flexibility index (Phi) is 6.52. The van der Waals surface area contributed by atoms with E-state index in [1.807, 2.05) is 18.7 Å². The minimum absolute atomic E-state index is 0.00616. The molecule has 0 saturated carbocycles. The fourth-order valence-electron chi connectivity index (χ4n) is 3.87. The monoisotopic (exact) mass is 395 g/mol. The number of rotatable bonds is 5. The predicted molar refractivity (Wildman–Crippen MR) is 104 cm³/mol. The maximum atomic E-state index is 13.0. The predicted octanol–water partition coefficient (Wildman–Crippen LogP) is 1.91. The number of nitrogens with one attached hydrogen (secondary N) is 1. The van der Waals surface area contributed by atoms with Gasteiger partial charge >= 0.3 is 0 Å². The molecule has 1 N–H and O–H groups in total. The summed E-state index contributed by atoms with van der Waals surface area (Å²) >= 11 is 0. The number of sulfonamides is 1. The van der Waals surface area contributed by atoms with Crippen molar-refractivity contribution in [2.24, 2.45) is 0 Å². The van der Waals surface area contributed by atoms with Crippen LogP contribution in [0, 0.1) is 0 Å². The SMILES string of the molecule is C[C@H]1CCC[C@H](C)N1S(=O)(=O)c1ccc(NC(=O)CN2CCOCC2)cc1. The van der Waals surface area contributed by atoms with Gasteiger partial charge < -0.3 is 10.1 Å². The van der Waals surface area contributed by atoms with E-state index < -0.39 is 10.0 Å². The zero-order valence-corrected chi connectivity index (χ0v) is 16.9. The third kappa shape index (κ3) is 4.87. The molecule has 1 amide bonds. The van der Waals surface area contributed by atoms with Gasteiger partial charge in [-0.05, 0) is 51.0 Å². The molecule has 8 heteroatoms. The van der Waals surface area contributed by atoms with Crippen LogP contribution in [0.2, 0.25) is 0 Å². The molecule has 0 bridgehead atoms. The lowest BCUT2D eigenvalue weighted by Crippen LogP contribution is -2.47. The summed E-state index contributed by atoms with van der Waals surface area (Å²) in [6.07, 6.45) is 2.83. The second-order valence-electron chi connectivity index (χ2n) is 7.42. The second-order valence-corrected chi connectivity index (χ2v) is 9.27. The average molecular weight is 396 g/mol. The van der Waals surface area contributed by atoms with Crippen molar-refractivity contribution < 1.29 is 17.9 Å². The van der Waals surface area contributed by atoms with Crippen molar-refractivity contribution in [1.82, 2.24) is 9.21 Å². The Morgan fingerprint density at radius 2 is 1.70 bits per heavy atom. The Hall–Kier alpha value is -1.48. The largest absolute Gasteiger partial charge is 0.379 e. The van der Waals surface area contributed by atoms with Gasteiger partial charge in [0.25, 0.3) is 0 Å². The number of nitrogens with zero attached hydrogens (tertiary/aromatic N) is 2. The molecule has 1 aromatic carbocycles. The smallest absolute Gasteiger partial charge is 0.243 e. The summed E-state index contributed by atoms with van der Waals surface area (Å²) < 4.78 is 33.0. The van der Waals surface area contributed by atoms with Gasteiger partial charge in [0, 0.05) is 30.9 Å². The molecule has 150 valence electrons. The van der Waals surface area contributed by atoms with Crippen LogP contribution < -0.4 is 5.32 Å². The Morgan fingerprint density at radius 1 is 1.11 bits per heavy atom. The number of carbonyl (C=O) groups excluding carboxylic acids is 1. The van der Waals surface area contributed by atoms with Crippen LogP contribution in [-0.2, 0) is 19.6 Å². The molecule has 2 aliphatic rings. The number of anilines is 1. The van der Waals surface area contributed by atoms with Crippen LogP contribution in [0.3, 0.4) is 0 Å². The van der Waals surface area contributed by atoms with Crippen LogP contribution in [0.1, 0.15) is 33.1 Å². The highest BCUT2D eigenvalue weighted by Crippen LogP contribution is 2.29. The summed E-state index contributed by atoms with van der Waals surface area (Å²) in [6, 6.07) is 6.48. The number of morpholine rings is 1. The molecule has 7 nitrogen and oxygen atoms in total. The van der Waals surface area contributed by atoms with Crippen LogP contribution >= 0.6 is 0 Å². The van der Waals surface area contributed by atoms with Crippen molar-refractivity contribution in [3.8, 4) is 0 Å². The number of amides is 1. The highest BCUT2D eigenvalue weighted by molar-refractivity contribution is 7.89. The van der Waals surface area contributed by atoms with Gasteiger partial charge in [-0.2, -0.15) is 4.31 Å². The van der Waals surface area contributed by atoms with E-state index in [0.29, 0.717) is 25.4 Å². The van der Waals surface area contributed by atoms with Gasteiger partial charge in [-0.3, -0.25) is 9.69 Å². The quantitative estimate of drug-likeness (QED) is 0.824. The van der Waals surface area contributed by atoms with E-state index in [-0.39, 0.29) is 22.9 Å². The van der Waals surface area contributed by atoms with Gasteiger partial charge in [0.05, 0.1) is 24.7 Å². The van der Waals surface area contributed by atoms with E-state index in [0.717, 1.165) is 32.4 Å². The topological polar surface area (TPSA) is 79.0 Å². The van der Waals surface area contributed by atoms with Crippen molar-refractivity contribution >= 4 is 21.6 Å². The van der Waals surface area contributed by atoms with Crippen molar-refractivity contribution in [3.63, 3.8) is 0 Å². The standard InChI is InChI=1S/C19H29N3O4S/c1-15-4-3-5-16(2)22(15)27(24,25)18-8-6-17(7-9-18)20-19(23)14-21-10-12-26-13-11-21/h6-9,15-16H,3-5,10-14H2,1-2H3,(H,20,23)/t15-,16-/m0/s1. The van der Waals surface area contributed by atoms with E-state index in [9.17, 15) is 13.2 Å². The summed E-state index contributed by atoms with van der Waals surface area (Å²) in [5.41, 5.74) is 0.604. The van der Waals surface area contributed by atoms with E-state index in [4.69, 9.17) is 4.74 Å². The van der Waals surface area contributed by atoms with Crippen molar-refractivity contribution in [3.05, 3.63) is 24.3 Å². The Balaban J connectivity index is 1.64. The summed E-state index contributed by atoms with van der Waals surface area (Å²) in [6.45, 7) is 7.03. The summed E-state index contributed by atoms with van der Waals surface area (Å²) in [7, 11) is -3.53. The van der Waals surface area contributed by atoms with E-state index >= 15 is 0 Å². The number of hydrogen-bond donors (Lipinski definition) is 1. The summed E-state index contributed by atoms with van der Waals surface area (Å²) in [5, 5.41) is 2.84. The maximum absolute atomic E-state index is 13.0. The molecule has 0 radical (unpaired) electrons. The van der Waals surface area contributed by atoms with Crippen molar-refractivity contribution in [2.45, 2.75) is 50.1 Å². The molecule has 1 aromatic rings. The first-order valence-electron chi connectivity index (χ1n) is 9.61. The van der Waals surface area contributed by atoms with Gasteiger partial charge in [-0.15, -0.1) is 0 Å². The molecule has 2 saturated heterocycles. The third-order valence-electron chi connectivity index (χ3n) is 5.30. The molecule has 0 aromatic heterocycles. The van der Waals surface area contributed by atoms with Gasteiger partial charge in [-0.25, -0.2) is 8.42 Å². The Morgan fingerprint density at radius 3 is 2.30 bits per heavy atom. The van der Waals surface area contributed by atoms with Gasteiger partial charge in [0.2, 0.25) is 15.9 Å². The number of ether oxygens (including phenoxy) is 1. The molecule has 2 fully saturated rings. The third-order valence-corrected chi connectivity index (χ3v) is 7.44. The number of piperidine rings is 1. The van der Waals surface area contributed by atoms with Crippen LogP contribution in [0.15, 0.2) is 29.2 Å². The normalized spacial score (nSPS) is 25.3. The molecular weight excluding hydrogens is 366 g/mol. The van der Waals surface area contributed by atoms with Gasteiger partial charge in [0.15, 0.2) is 0 Å². The first-order valence-corrected chi connectivity index (χ1v) is 11.1. The lowest BCUT2D eigenvalue weighted by molar-refractivity contribution is -0.118. The lowest BCUT2D eigenvalue weighted by atomic mass is 10.0. The van der Waals surface area contributed by atoms with Crippen molar-refractivity contribution in [1.29, 1.82) is 0 Å². The van der Waals surface area contributed by atoms with E-state index in [2.05, 4.69) is 5.32 Å². The molecular formula is C19H29N3O4S. The molecule has 0 unspecified atom stereocenters. The molecule has 2 atom stereocenters. The second kappa shape index (κ2) is 8.68. The highest BCUT2D eigenvalue weighted by atomic mass is 32.2. The van der Waals surface area contributed by atoms with Crippen molar-refractivity contribution in [2.75, 3.05) is 38.2 Å². The number of benzene rings is 1. The molecule has 3 rings (SSSR count). The molecule has 27 heavy (non-hydrogen) atoms. The minimum atomic E-state index is -3.53. The van der Waals surface area contributed by atoms with Gasteiger partial charge in [0.1, 0.15) is 0 Å². The zero-order valence-electron chi connectivity index (χ0n) is 16.1. The minimum Gasteiger partial charge on any atom is -0.379 e. The van der Waals surface area contributed by atoms with Crippen LogP contribution in [-0.4, -0.2) is 68.5 Å². The van der Waals surface area contributed by atoms with Crippen LogP contribution in [0.5, 0.6) is 0 Å². The number of hydrogen-bond acceptors (Lipinski definition) is 5. The molecule has 0 spiro atoms. The van der Waals surface area contributed by atoms with Crippen LogP contribution in [0.25, 0.3) is 0 Å². The fourth-order valence-corrected chi connectivity index (χ4v) is 5.75. The summed E-state index contributed by atoms with van der Waals surface area (Å²) in [4.78, 5) is 14.5. The fraction of sp³-hybridized carbons (Fsp3) is 0.632. The lowest BCUT2D eigenvalue weighted by Gasteiger charge is -2.37. The molecule has 2 heterocycles. The zero-order chi connectivity index (χ0) is 19.4. The molecule has 0 aliphatic carbocycles. The maximum Gasteiger partial charge on any atom is 0.243 e. The van der Waals surface area contributed by atoms with Gasteiger partial charge in [-0.1, -0.05) is 6.42 Å². The molecule has 2 aliphatic heterocycles. The first-order chi connectivity index (χ1) is 12.9. The first kappa shape index (κ1) is 20.3. The average Bonchev–Trinajstić information content (AvgIpc) is 2.62.